The lowest BCUT2D eigenvalue weighted by molar-refractivity contribution is -0.166. The number of anilines is 1. The summed E-state index contributed by atoms with van der Waals surface area (Å²) in [5.74, 6) is -0.329. The van der Waals surface area contributed by atoms with Crippen molar-refractivity contribution < 1.29 is 9.47 Å². The minimum absolute atomic E-state index is 0.252. The number of hydrogen-bond acceptors (Lipinski definition) is 6. The highest BCUT2D eigenvalue weighted by Gasteiger charge is 2.55. The number of hydrogen-bond donors (Lipinski definition) is 1. The van der Waals surface area contributed by atoms with E-state index in [0.29, 0.717) is 6.54 Å². The van der Waals surface area contributed by atoms with Crippen LogP contribution in [-0.4, -0.2) is 36.5 Å². The van der Waals surface area contributed by atoms with Crippen LogP contribution >= 0.6 is 0 Å². The summed E-state index contributed by atoms with van der Waals surface area (Å²) in [7, 11) is 0. The van der Waals surface area contributed by atoms with Crippen molar-refractivity contribution >= 4 is 17.1 Å². The predicted octanol–water partition coefficient (Wildman–Crippen LogP) is 2.12. The number of nitrogens with two attached hydrogens (primary N) is 1. The van der Waals surface area contributed by atoms with Crippen LogP contribution in [-0.2, 0) is 16.0 Å². The molecule has 0 amide bonds. The Hall–Kier alpha value is -1.73. The van der Waals surface area contributed by atoms with Crippen molar-refractivity contribution in [3.63, 3.8) is 0 Å². The Labute approximate surface area is 129 Å². The Kier molecular flexibility index (Phi) is 3.19. The Balaban J connectivity index is 1.83. The zero-order chi connectivity index (χ0) is 16.2. The van der Waals surface area contributed by atoms with Gasteiger partial charge in [-0.2, -0.15) is 4.98 Å². The molecule has 0 aliphatic carbocycles. The van der Waals surface area contributed by atoms with Crippen molar-refractivity contribution in [1.82, 2.24) is 19.5 Å². The minimum atomic E-state index is -0.581. The fourth-order valence-corrected chi connectivity index (χ4v) is 3.13. The Morgan fingerprint density at radius 2 is 1.86 bits per heavy atom. The number of aryl methyl sites for hydroxylation is 1. The molecular formula is C15H23N5O2. The van der Waals surface area contributed by atoms with E-state index >= 15 is 0 Å². The van der Waals surface area contributed by atoms with Crippen molar-refractivity contribution in [3.05, 3.63) is 12.5 Å². The van der Waals surface area contributed by atoms with Gasteiger partial charge in [-0.3, -0.25) is 0 Å². The van der Waals surface area contributed by atoms with Gasteiger partial charge in [0.25, 0.3) is 0 Å². The number of nitrogens with zero attached hydrogens (tertiary/aromatic N) is 4. The number of ether oxygens (including phenoxy) is 2. The normalized spacial score (nSPS) is 26.6. The summed E-state index contributed by atoms with van der Waals surface area (Å²) in [6.07, 6.45) is 4.17. The monoisotopic (exact) mass is 305 g/mol. The largest absolute Gasteiger partial charge is 0.368 e. The molecule has 7 heteroatoms. The third kappa shape index (κ3) is 2.44. The quantitative estimate of drug-likeness (QED) is 0.934. The van der Waals surface area contributed by atoms with Gasteiger partial charge in [0.15, 0.2) is 11.4 Å². The highest BCUT2D eigenvalue weighted by atomic mass is 16.8. The van der Waals surface area contributed by atoms with Crippen molar-refractivity contribution in [1.29, 1.82) is 0 Å². The molecule has 0 saturated carbocycles. The lowest BCUT2D eigenvalue weighted by Gasteiger charge is -2.34. The zero-order valence-corrected chi connectivity index (χ0v) is 13.8. The molecule has 2 aromatic heterocycles. The van der Waals surface area contributed by atoms with E-state index in [1.165, 1.54) is 0 Å². The molecule has 3 heterocycles. The van der Waals surface area contributed by atoms with Crippen LogP contribution in [0, 0.1) is 0 Å². The number of imidazole rings is 1. The molecule has 0 spiro atoms. The standard InChI is InChI=1S/C15H23N5O2/c1-13(2)15(5,22-14(3,4)21-13)6-7-20-9-18-10-8-17-12(16)19-11(10)20/h8-9H,6-7H2,1-5H3,(H2,16,17,19). The Morgan fingerprint density at radius 3 is 2.50 bits per heavy atom. The molecule has 0 radical (unpaired) electrons. The molecule has 0 bridgehead atoms. The molecule has 2 N–H and O–H groups in total. The predicted molar refractivity (Wildman–Crippen MR) is 83.1 cm³/mol. The number of aromatic nitrogens is 4. The van der Waals surface area contributed by atoms with Crippen molar-refractivity contribution in [2.45, 2.75) is 64.6 Å². The molecule has 3 rings (SSSR count). The average Bonchev–Trinajstić information content (AvgIpc) is 2.83. The van der Waals surface area contributed by atoms with Crippen LogP contribution in [0.15, 0.2) is 12.5 Å². The summed E-state index contributed by atoms with van der Waals surface area (Å²) in [5.41, 5.74) is 6.38. The van der Waals surface area contributed by atoms with E-state index < -0.39 is 11.4 Å². The summed E-state index contributed by atoms with van der Waals surface area (Å²) in [5, 5.41) is 0. The van der Waals surface area contributed by atoms with Crippen LogP contribution in [0.5, 0.6) is 0 Å². The van der Waals surface area contributed by atoms with Crippen molar-refractivity contribution in [2.75, 3.05) is 5.73 Å². The van der Waals surface area contributed by atoms with Crippen molar-refractivity contribution in [2.24, 2.45) is 0 Å². The highest BCUT2D eigenvalue weighted by Crippen LogP contribution is 2.45. The molecule has 7 nitrogen and oxygen atoms in total. The summed E-state index contributed by atoms with van der Waals surface area (Å²) < 4.78 is 14.2. The maximum Gasteiger partial charge on any atom is 0.222 e. The Bertz CT molecular complexity index is 709. The summed E-state index contributed by atoms with van der Waals surface area (Å²) in [4.78, 5) is 12.5. The third-order valence-electron chi connectivity index (χ3n) is 4.45. The van der Waals surface area contributed by atoms with Gasteiger partial charge < -0.3 is 19.8 Å². The lowest BCUT2D eigenvalue weighted by atomic mass is 9.85. The fraction of sp³-hybridized carbons (Fsp3) is 0.667. The minimum Gasteiger partial charge on any atom is -0.368 e. The molecule has 1 fully saturated rings. The highest BCUT2D eigenvalue weighted by molar-refractivity contribution is 5.70. The van der Waals surface area contributed by atoms with Gasteiger partial charge in [-0.25, -0.2) is 9.97 Å². The molecule has 1 aliphatic rings. The molecule has 120 valence electrons. The van der Waals surface area contributed by atoms with Crippen LogP contribution in [0.1, 0.15) is 41.0 Å². The molecule has 1 unspecified atom stereocenters. The van der Waals surface area contributed by atoms with Gasteiger partial charge in [-0.15, -0.1) is 0 Å². The second kappa shape index (κ2) is 4.63. The van der Waals surface area contributed by atoms with Gasteiger partial charge in [0.2, 0.25) is 5.95 Å². The van der Waals surface area contributed by atoms with E-state index in [2.05, 4.69) is 35.7 Å². The Morgan fingerprint density at radius 1 is 1.14 bits per heavy atom. The molecule has 1 saturated heterocycles. The number of nitrogen functional groups attached to an aromatic ring is 1. The van der Waals surface area contributed by atoms with Gasteiger partial charge in [-0.1, -0.05) is 0 Å². The van der Waals surface area contributed by atoms with Crippen LogP contribution < -0.4 is 5.73 Å². The lowest BCUT2D eigenvalue weighted by Crippen LogP contribution is -2.45. The summed E-state index contributed by atoms with van der Waals surface area (Å²) >= 11 is 0. The smallest absolute Gasteiger partial charge is 0.222 e. The zero-order valence-electron chi connectivity index (χ0n) is 13.8. The van der Waals surface area contributed by atoms with E-state index in [9.17, 15) is 0 Å². The molecule has 22 heavy (non-hydrogen) atoms. The van der Waals surface area contributed by atoms with Crippen LogP contribution in [0.2, 0.25) is 0 Å². The number of fused-ring (bicyclic) bond motifs is 1. The first-order chi connectivity index (χ1) is 10.1. The van der Waals surface area contributed by atoms with Crippen LogP contribution in [0.3, 0.4) is 0 Å². The number of rotatable bonds is 3. The first-order valence-electron chi connectivity index (χ1n) is 7.46. The van der Waals surface area contributed by atoms with Crippen LogP contribution in [0.4, 0.5) is 5.95 Å². The molecule has 0 aromatic carbocycles. The SMILES string of the molecule is CC1(C)OC(C)(C)C(C)(CCn2cnc3cnc(N)nc32)O1. The second-order valence-electron chi connectivity index (χ2n) is 6.97. The molecule has 1 aliphatic heterocycles. The summed E-state index contributed by atoms with van der Waals surface area (Å²) in [6.45, 7) is 10.8. The third-order valence-corrected chi connectivity index (χ3v) is 4.45. The average molecular weight is 305 g/mol. The van der Waals surface area contributed by atoms with Crippen molar-refractivity contribution in [3.8, 4) is 0 Å². The van der Waals surface area contributed by atoms with Gasteiger partial charge in [-0.05, 0) is 41.0 Å². The maximum absolute atomic E-state index is 6.17. The maximum atomic E-state index is 6.17. The van der Waals surface area contributed by atoms with E-state index in [1.54, 1.807) is 12.5 Å². The fourth-order valence-electron chi connectivity index (χ4n) is 3.13. The van der Waals surface area contributed by atoms with Crippen LogP contribution in [0.25, 0.3) is 11.2 Å². The van der Waals surface area contributed by atoms with Gasteiger partial charge in [0, 0.05) is 6.54 Å². The molecule has 2 aromatic rings. The molecular weight excluding hydrogens is 282 g/mol. The first-order valence-corrected chi connectivity index (χ1v) is 7.46. The topological polar surface area (TPSA) is 88.1 Å². The van der Waals surface area contributed by atoms with E-state index in [4.69, 9.17) is 15.2 Å². The van der Waals surface area contributed by atoms with Gasteiger partial charge >= 0.3 is 0 Å². The van der Waals surface area contributed by atoms with Gasteiger partial charge in [0.1, 0.15) is 5.52 Å². The van der Waals surface area contributed by atoms with E-state index in [1.807, 2.05) is 18.4 Å². The van der Waals surface area contributed by atoms with E-state index in [-0.39, 0.29) is 11.5 Å². The second-order valence-corrected chi connectivity index (χ2v) is 6.97. The van der Waals surface area contributed by atoms with E-state index in [0.717, 1.165) is 17.6 Å². The molecule has 1 atom stereocenters. The summed E-state index contributed by atoms with van der Waals surface area (Å²) in [6, 6.07) is 0. The first kappa shape index (κ1) is 15.2. The van der Waals surface area contributed by atoms with Gasteiger partial charge in [0.05, 0.1) is 23.7 Å².